The predicted octanol–water partition coefficient (Wildman–Crippen LogP) is 1.48. The van der Waals surface area contributed by atoms with Gasteiger partial charge in [-0.05, 0) is 20.3 Å². The maximum Gasteiger partial charge on any atom is 0.323 e. The molecule has 1 aromatic rings. The molecule has 0 saturated carbocycles. The third-order valence-electron chi connectivity index (χ3n) is 2.71. The van der Waals surface area contributed by atoms with E-state index in [1.54, 1.807) is 11.0 Å². The second-order valence-corrected chi connectivity index (χ2v) is 4.13. The number of hydrogen-bond acceptors (Lipinski definition) is 5. The highest BCUT2D eigenvalue weighted by Crippen LogP contribution is 2.18. The van der Waals surface area contributed by atoms with Crippen LogP contribution in [0.2, 0.25) is 0 Å². The van der Waals surface area contributed by atoms with Crippen LogP contribution in [0.3, 0.4) is 0 Å². The Morgan fingerprint density at radius 2 is 2.22 bits per heavy atom. The SMILES string of the molecule is CCC(C)N(CC(=O)O)c1nc(C)cc(OC)n1. The zero-order chi connectivity index (χ0) is 13.7. The van der Waals surface area contributed by atoms with E-state index in [2.05, 4.69) is 9.97 Å². The van der Waals surface area contributed by atoms with Gasteiger partial charge in [-0.25, -0.2) is 4.98 Å². The van der Waals surface area contributed by atoms with Gasteiger partial charge < -0.3 is 14.7 Å². The van der Waals surface area contributed by atoms with E-state index in [1.165, 1.54) is 7.11 Å². The van der Waals surface area contributed by atoms with Crippen LogP contribution in [0.5, 0.6) is 5.88 Å². The standard InChI is InChI=1S/C12H19N3O3/c1-5-9(3)15(7-11(16)17)12-13-8(2)6-10(14-12)18-4/h6,9H,5,7H2,1-4H3,(H,16,17). The minimum atomic E-state index is -0.903. The number of nitrogens with zero attached hydrogens (tertiary/aromatic N) is 3. The third-order valence-corrected chi connectivity index (χ3v) is 2.71. The molecule has 0 fully saturated rings. The van der Waals surface area contributed by atoms with Gasteiger partial charge in [-0.2, -0.15) is 4.98 Å². The molecular formula is C12H19N3O3. The molecule has 1 atom stereocenters. The van der Waals surface area contributed by atoms with Crippen molar-refractivity contribution in [1.29, 1.82) is 0 Å². The molecule has 6 heteroatoms. The van der Waals surface area contributed by atoms with Crippen LogP contribution < -0.4 is 9.64 Å². The molecule has 0 bridgehead atoms. The molecule has 1 rings (SSSR count). The second kappa shape index (κ2) is 6.18. The van der Waals surface area contributed by atoms with Gasteiger partial charge in [0.15, 0.2) is 0 Å². The molecule has 1 aromatic heterocycles. The zero-order valence-corrected chi connectivity index (χ0v) is 11.2. The number of anilines is 1. The highest BCUT2D eigenvalue weighted by Gasteiger charge is 2.19. The second-order valence-electron chi connectivity index (χ2n) is 4.13. The maximum atomic E-state index is 10.9. The molecule has 0 saturated heterocycles. The van der Waals surface area contributed by atoms with Gasteiger partial charge >= 0.3 is 5.97 Å². The number of carboxylic acids is 1. The average molecular weight is 253 g/mol. The fourth-order valence-electron chi connectivity index (χ4n) is 1.55. The van der Waals surface area contributed by atoms with E-state index in [-0.39, 0.29) is 12.6 Å². The summed E-state index contributed by atoms with van der Waals surface area (Å²) in [6.07, 6.45) is 0.812. The fourth-order valence-corrected chi connectivity index (χ4v) is 1.55. The van der Waals surface area contributed by atoms with Gasteiger partial charge in [0.1, 0.15) is 6.54 Å². The van der Waals surface area contributed by atoms with E-state index in [1.807, 2.05) is 20.8 Å². The van der Waals surface area contributed by atoms with Gasteiger partial charge in [0.2, 0.25) is 11.8 Å². The topological polar surface area (TPSA) is 75.6 Å². The molecule has 0 radical (unpaired) electrons. The number of carboxylic acid groups (broad SMARTS) is 1. The lowest BCUT2D eigenvalue weighted by molar-refractivity contribution is -0.135. The molecule has 0 aliphatic heterocycles. The molecule has 6 nitrogen and oxygen atoms in total. The monoisotopic (exact) mass is 253 g/mol. The minimum absolute atomic E-state index is 0.0487. The largest absolute Gasteiger partial charge is 0.481 e. The number of aliphatic carboxylic acids is 1. The molecule has 0 aromatic carbocycles. The van der Waals surface area contributed by atoms with Crippen LogP contribution in [0, 0.1) is 6.92 Å². The lowest BCUT2D eigenvalue weighted by atomic mass is 10.2. The number of ether oxygens (including phenoxy) is 1. The van der Waals surface area contributed by atoms with Crippen molar-refractivity contribution in [2.45, 2.75) is 33.2 Å². The summed E-state index contributed by atoms with van der Waals surface area (Å²) in [6.45, 7) is 5.64. The van der Waals surface area contributed by atoms with E-state index in [0.717, 1.165) is 12.1 Å². The Hall–Kier alpha value is -1.85. The quantitative estimate of drug-likeness (QED) is 0.827. The van der Waals surface area contributed by atoms with Gasteiger partial charge in [0.05, 0.1) is 7.11 Å². The van der Waals surface area contributed by atoms with Gasteiger partial charge in [0.25, 0.3) is 0 Å². The van der Waals surface area contributed by atoms with Gasteiger partial charge in [-0.15, -0.1) is 0 Å². The molecule has 0 aliphatic rings. The summed E-state index contributed by atoms with van der Waals surface area (Å²) >= 11 is 0. The summed E-state index contributed by atoms with van der Waals surface area (Å²) in [4.78, 5) is 21.1. The van der Waals surface area contributed by atoms with Crippen molar-refractivity contribution in [2.75, 3.05) is 18.6 Å². The fraction of sp³-hybridized carbons (Fsp3) is 0.583. The number of hydrogen-bond donors (Lipinski definition) is 1. The number of aryl methyl sites for hydroxylation is 1. The van der Waals surface area contributed by atoms with Crippen LogP contribution in [0.25, 0.3) is 0 Å². The Kier molecular flexibility index (Phi) is 4.88. The molecule has 18 heavy (non-hydrogen) atoms. The van der Waals surface area contributed by atoms with Crippen molar-refractivity contribution < 1.29 is 14.6 Å². The molecular weight excluding hydrogens is 234 g/mol. The van der Waals surface area contributed by atoms with Crippen LogP contribution in [-0.4, -0.2) is 40.7 Å². The average Bonchev–Trinajstić information content (AvgIpc) is 2.33. The van der Waals surface area contributed by atoms with E-state index >= 15 is 0 Å². The highest BCUT2D eigenvalue weighted by atomic mass is 16.5. The molecule has 1 unspecified atom stereocenters. The van der Waals surface area contributed by atoms with Crippen LogP contribution in [0.1, 0.15) is 26.0 Å². The molecule has 0 aliphatic carbocycles. The van der Waals surface area contributed by atoms with Gasteiger partial charge in [0, 0.05) is 17.8 Å². The van der Waals surface area contributed by atoms with Crippen molar-refractivity contribution in [3.8, 4) is 5.88 Å². The minimum Gasteiger partial charge on any atom is -0.481 e. The molecule has 0 spiro atoms. The smallest absolute Gasteiger partial charge is 0.323 e. The zero-order valence-electron chi connectivity index (χ0n) is 11.2. The van der Waals surface area contributed by atoms with E-state index in [9.17, 15) is 4.79 Å². The lowest BCUT2D eigenvalue weighted by Crippen LogP contribution is -2.38. The first-order chi connectivity index (χ1) is 8.47. The number of rotatable bonds is 6. The predicted molar refractivity (Wildman–Crippen MR) is 68.1 cm³/mol. The molecule has 1 heterocycles. The number of aromatic nitrogens is 2. The summed E-state index contributed by atoms with van der Waals surface area (Å²) < 4.78 is 5.08. The summed E-state index contributed by atoms with van der Waals surface area (Å²) in [5.41, 5.74) is 0.746. The van der Waals surface area contributed by atoms with Gasteiger partial charge in [-0.1, -0.05) is 6.92 Å². The number of carbonyl (C=O) groups is 1. The van der Waals surface area contributed by atoms with Crippen LogP contribution in [0.15, 0.2) is 6.07 Å². The summed E-state index contributed by atoms with van der Waals surface area (Å²) in [7, 11) is 1.52. The molecule has 100 valence electrons. The number of methoxy groups -OCH3 is 1. The first-order valence-corrected chi connectivity index (χ1v) is 5.86. The van der Waals surface area contributed by atoms with Crippen molar-refractivity contribution in [3.05, 3.63) is 11.8 Å². The molecule has 0 amide bonds. The molecule has 1 N–H and O–H groups in total. The van der Waals surface area contributed by atoms with Crippen molar-refractivity contribution >= 4 is 11.9 Å². The summed E-state index contributed by atoms with van der Waals surface area (Å²) in [6, 6.07) is 1.76. The summed E-state index contributed by atoms with van der Waals surface area (Å²) in [5, 5.41) is 8.96. The van der Waals surface area contributed by atoms with E-state index in [0.29, 0.717) is 11.8 Å². The Morgan fingerprint density at radius 3 is 2.72 bits per heavy atom. The Labute approximate surface area is 107 Å². The Balaban J connectivity index is 3.11. The first-order valence-electron chi connectivity index (χ1n) is 5.86. The maximum absolute atomic E-state index is 10.9. The van der Waals surface area contributed by atoms with Crippen molar-refractivity contribution in [3.63, 3.8) is 0 Å². The Morgan fingerprint density at radius 1 is 1.56 bits per heavy atom. The van der Waals surface area contributed by atoms with Crippen LogP contribution in [-0.2, 0) is 4.79 Å². The van der Waals surface area contributed by atoms with Crippen LogP contribution in [0.4, 0.5) is 5.95 Å². The lowest BCUT2D eigenvalue weighted by Gasteiger charge is -2.27. The van der Waals surface area contributed by atoms with Gasteiger partial charge in [-0.3, -0.25) is 4.79 Å². The third kappa shape index (κ3) is 3.58. The van der Waals surface area contributed by atoms with Crippen molar-refractivity contribution in [1.82, 2.24) is 9.97 Å². The first kappa shape index (κ1) is 14.2. The van der Waals surface area contributed by atoms with E-state index < -0.39 is 5.97 Å². The van der Waals surface area contributed by atoms with E-state index in [4.69, 9.17) is 9.84 Å². The van der Waals surface area contributed by atoms with Crippen LogP contribution >= 0.6 is 0 Å². The highest BCUT2D eigenvalue weighted by molar-refractivity contribution is 5.72. The normalized spacial score (nSPS) is 12.0. The van der Waals surface area contributed by atoms with Crippen molar-refractivity contribution in [2.24, 2.45) is 0 Å². The Bertz CT molecular complexity index is 423. The summed E-state index contributed by atoms with van der Waals surface area (Å²) in [5.74, 6) is -0.0702.